The lowest BCUT2D eigenvalue weighted by molar-refractivity contribution is -0.137. The fourth-order valence-electron chi connectivity index (χ4n) is 4.96. The van der Waals surface area contributed by atoms with Crippen molar-refractivity contribution in [3.8, 4) is 5.75 Å². The highest BCUT2D eigenvalue weighted by Crippen LogP contribution is 2.48. The zero-order chi connectivity index (χ0) is 27.5. The van der Waals surface area contributed by atoms with Gasteiger partial charge in [-0.15, -0.1) is 0 Å². The Morgan fingerprint density at radius 3 is 2.37 bits per heavy atom. The van der Waals surface area contributed by atoms with E-state index in [1.165, 1.54) is 17.7 Å². The Hall–Kier alpha value is -3.88. The van der Waals surface area contributed by atoms with Crippen molar-refractivity contribution in [2.75, 3.05) is 21.3 Å². The van der Waals surface area contributed by atoms with Crippen molar-refractivity contribution in [1.29, 1.82) is 0 Å². The molecule has 0 saturated heterocycles. The van der Waals surface area contributed by atoms with E-state index in [1.807, 2.05) is 32.0 Å². The van der Waals surface area contributed by atoms with Crippen molar-refractivity contribution in [2.24, 2.45) is 0 Å². The topological polar surface area (TPSA) is 74.4 Å². The van der Waals surface area contributed by atoms with Crippen LogP contribution in [0.4, 0.5) is 35.9 Å². The van der Waals surface area contributed by atoms with Crippen LogP contribution in [-0.4, -0.2) is 17.8 Å². The van der Waals surface area contributed by atoms with Crippen LogP contribution in [0.25, 0.3) is 0 Å². The average molecular weight is 525 g/mol. The molecule has 38 heavy (non-hydrogen) atoms. The summed E-state index contributed by atoms with van der Waals surface area (Å²) < 4.78 is 45.0. The lowest BCUT2D eigenvalue weighted by Gasteiger charge is -2.25. The summed E-state index contributed by atoms with van der Waals surface area (Å²) in [6, 6.07) is 14.2. The first-order valence-electron chi connectivity index (χ1n) is 12.5. The Kier molecular flexibility index (Phi) is 6.00. The number of carbonyl (C=O) groups is 1. The van der Waals surface area contributed by atoms with Gasteiger partial charge in [-0.25, -0.2) is 0 Å². The van der Waals surface area contributed by atoms with Crippen molar-refractivity contribution in [3.05, 3.63) is 76.9 Å². The summed E-state index contributed by atoms with van der Waals surface area (Å²) in [4.78, 5) is 13.3. The number of hydrogen-bond donors (Lipinski definition) is 4. The number of benzene rings is 3. The molecule has 0 saturated carbocycles. The first-order valence-corrected chi connectivity index (χ1v) is 12.5. The number of para-hydroxylation sites is 1. The summed E-state index contributed by atoms with van der Waals surface area (Å²) in [6.07, 6.45) is -4.18. The molecule has 0 bridgehead atoms. The molecule has 0 aliphatic carbocycles. The van der Waals surface area contributed by atoms with Crippen LogP contribution in [-0.2, 0) is 18.0 Å². The van der Waals surface area contributed by atoms with Gasteiger partial charge in [-0.1, -0.05) is 39.0 Å². The Labute approximate surface area is 220 Å². The second-order valence-electron chi connectivity index (χ2n) is 11.4. The van der Waals surface area contributed by atoms with E-state index < -0.39 is 23.2 Å². The lowest BCUT2D eigenvalue weighted by Crippen LogP contribution is -2.32. The van der Waals surface area contributed by atoms with Crippen LogP contribution in [0.2, 0.25) is 0 Å². The van der Waals surface area contributed by atoms with Crippen LogP contribution < -0.4 is 26.0 Å². The SMILES string of the molecule is CC1(C)Cc2c3c(cc(C(=O)Nc4ccc(C(F)(F)F)cc4)c2O1)NC(Nc1ccccc1C(C)(C)C)N3. The lowest BCUT2D eigenvalue weighted by atomic mass is 9.86. The largest absolute Gasteiger partial charge is 0.486 e. The first kappa shape index (κ1) is 25.8. The molecule has 3 aromatic carbocycles. The number of rotatable bonds is 4. The molecule has 5 rings (SSSR count). The fraction of sp³-hybridized carbons (Fsp3) is 0.345. The average Bonchev–Trinajstić information content (AvgIpc) is 3.36. The quantitative estimate of drug-likeness (QED) is 0.290. The van der Waals surface area contributed by atoms with Gasteiger partial charge in [0.15, 0.2) is 6.29 Å². The predicted molar refractivity (Wildman–Crippen MR) is 144 cm³/mol. The van der Waals surface area contributed by atoms with Gasteiger partial charge < -0.3 is 26.0 Å². The molecule has 2 heterocycles. The number of alkyl halides is 3. The fourth-order valence-corrected chi connectivity index (χ4v) is 4.96. The van der Waals surface area contributed by atoms with Crippen molar-refractivity contribution in [2.45, 2.75) is 64.5 Å². The number of fused-ring (bicyclic) bond motifs is 3. The van der Waals surface area contributed by atoms with Crippen LogP contribution in [0.1, 0.15) is 61.7 Å². The second-order valence-corrected chi connectivity index (χ2v) is 11.4. The highest BCUT2D eigenvalue weighted by atomic mass is 19.4. The van der Waals surface area contributed by atoms with Crippen LogP contribution in [0, 0.1) is 0 Å². The minimum absolute atomic E-state index is 0.0578. The van der Waals surface area contributed by atoms with Crippen molar-refractivity contribution in [1.82, 2.24) is 0 Å². The van der Waals surface area contributed by atoms with Gasteiger partial charge in [-0.3, -0.25) is 4.79 Å². The molecule has 4 N–H and O–H groups in total. The summed E-state index contributed by atoms with van der Waals surface area (Å²) in [5.74, 6) is 0.0148. The third-order valence-corrected chi connectivity index (χ3v) is 6.70. The van der Waals surface area contributed by atoms with Crippen LogP contribution in [0.5, 0.6) is 5.75 Å². The molecular formula is C29H31F3N4O2. The Morgan fingerprint density at radius 1 is 1.03 bits per heavy atom. The van der Waals surface area contributed by atoms with Gasteiger partial charge in [0, 0.05) is 23.4 Å². The van der Waals surface area contributed by atoms with Gasteiger partial charge in [0.1, 0.15) is 11.4 Å². The van der Waals surface area contributed by atoms with Crippen molar-refractivity contribution in [3.63, 3.8) is 0 Å². The van der Waals surface area contributed by atoms with Crippen LogP contribution >= 0.6 is 0 Å². The monoisotopic (exact) mass is 524 g/mol. The van der Waals surface area contributed by atoms with Crippen LogP contribution in [0.15, 0.2) is 54.6 Å². The number of hydrogen-bond acceptors (Lipinski definition) is 5. The van der Waals surface area contributed by atoms with E-state index in [0.717, 1.165) is 34.8 Å². The normalized spacial score (nSPS) is 17.5. The molecule has 3 aromatic rings. The molecule has 6 nitrogen and oxygen atoms in total. The van der Waals surface area contributed by atoms with E-state index in [-0.39, 0.29) is 17.4 Å². The highest BCUT2D eigenvalue weighted by Gasteiger charge is 2.39. The highest BCUT2D eigenvalue weighted by molar-refractivity contribution is 6.08. The molecule has 1 atom stereocenters. The minimum atomic E-state index is -4.45. The molecule has 0 fully saturated rings. The van der Waals surface area contributed by atoms with Gasteiger partial charge in [0.2, 0.25) is 0 Å². The Balaban J connectivity index is 1.43. The Morgan fingerprint density at radius 2 is 1.71 bits per heavy atom. The maximum Gasteiger partial charge on any atom is 0.416 e. The zero-order valence-corrected chi connectivity index (χ0v) is 21.9. The van der Waals surface area contributed by atoms with E-state index in [9.17, 15) is 18.0 Å². The number of carbonyl (C=O) groups excluding carboxylic acids is 1. The van der Waals surface area contributed by atoms with E-state index >= 15 is 0 Å². The molecular weight excluding hydrogens is 493 g/mol. The second kappa shape index (κ2) is 8.85. The number of nitrogens with one attached hydrogen (secondary N) is 4. The smallest absolute Gasteiger partial charge is 0.416 e. The third kappa shape index (κ3) is 4.97. The summed E-state index contributed by atoms with van der Waals surface area (Å²) in [6.45, 7) is 10.4. The van der Waals surface area contributed by atoms with E-state index in [0.29, 0.717) is 17.7 Å². The molecule has 0 radical (unpaired) electrons. The molecule has 2 aliphatic rings. The summed E-state index contributed by atoms with van der Waals surface area (Å²) in [7, 11) is 0. The number of amides is 1. The maximum absolute atomic E-state index is 13.3. The van der Waals surface area contributed by atoms with Crippen molar-refractivity contribution < 1.29 is 22.7 Å². The number of halogens is 3. The summed E-state index contributed by atoms with van der Waals surface area (Å²) >= 11 is 0. The van der Waals surface area contributed by atoms with Gasteiger partial charge in [0.25, 0.3) is 5.91 Å². The van der Waals surface area contributed by atoms with Gasteiger partial charge in [-0.2, -0.15) is 13.2 Å². The van der Waals surface area contributed by atoms with Crippen LogP contribution in [0.3, 0.4) is 0 Å². The minimum Gasteiger partial charge on any atom is -0.486 e. The van der Waals surface area contributed by atoms with E-state index in [1.54, 1.807) is 6.07 Å². The predicted octanol–water partition coefficient (Wildman–Crippen LogP) is 7.20. The van der Waals surface area contributed by atoms with E-state index in [4.69, 9.17) is 4.74 Å². The van der Waals surface area contributed by atoms with E-state index in [2.05, 4.69) is 48.1 Å². The van der Waals surface area contributed by atoms with Gasteiger partial charge in [-0.05, 0) is 61.2 Å². The summed E-state index contributed by atoms with van der Waals surface area (Å²) in [5, 5.41) is 13.2. The first-order chi connectivity index (χ1) is 17.7. The molecule has 0 spiro atoms. The molecule has 200 valence electrons. The standard InChI is InChI=1S/C29H31F3N4O2/c1-27(2,3)20-8-6-7-9-21(20)34-26-35-22-14-18(24-19(23(22)36-26)15-28(4,5)38-24)25(37)33-17-12-10-16(11-13-17)29(30,31)32/h6-14,26,34-36H,15H2,1-5H3,(H,33,37). The number of ether oxygens (including phenoxy) is 1. The maximum atomic E-state index is 13.3. The molecule has 0 aromatic heterocycles. The molecule has 2 aliphatic heterocycles. The van der Waals surface area contributed by atoms with Gasteiger partial charge >= 0.3 is 6.18 Å². The third-order valence-electron chi connectivity index (χ3n) is 6.70. The molecule has 9 heteroatoms. The Bertz CT molecular complexity index is 1390. The zero-order valence-electron chi connectivity index (χ0n) is 21.9. The number of anilines is 4. The summed E-state index contributed by atoms with van der Waals surface area (Å²) in [5.41, 5.74) is 3.87. The van der Waals surface area contributed by atoms with Gasteiger partial charge in [0.05, 0.1) is 22.5 Å². The molecule has 1 unspecified atom stereocenters. The molecule has 1 amide bonds. The van der Waals surface area contributed by atoms with Crippen molar-refractivity contribution >= 4 is 28.7 Å².